The molecule has 2 aliphatic heterocycles. The fraction of sp³-hybridized carbons (Fsp3) is 0.857. The van der Waals surface area contributed by atoms with Crippen molar-refractivity contribution in [1.29, 1.82) is 0 Å². The van der Waals surface area contributed by atoms with Gasteiger partial charge in [0.05, 0.1) is 0 Å². The lowest BCUT2D eigenvalue weighted by Gasteiger charge is -2.46. The zero-order valence-electron chi connectivity index (χ0n) is 5.61. The molecule has 1 spiro atoms. The molecule has 51 valence electrons. The topological polar surface area (TPSA) is 24.1 Å². The van der Waals surface area contributed by atoms with Crippen LogP contribution in [-0.4, -0.2) is 25.2 Å². The predicted molar refractivity (Wildman–Crippen MR) is 37.1 cm³/mol. The highest BCUT2D eigenvalue weighted by Crippen LogP contribution is 2.26. The molecule has 0 aromatic heterocycles. The van der Waals surface area contributed by atoms with Gasteiger partial charge < -0.3 is 10.6 Å². The summed E-state index contributed by atoms with van der Waals surface area (Å²) >= 11 is 0. The Balaban J connectivity index is 1.93. The number of rotatable bonds is 0. The quantitative estimate of drug-likeness (QED) is 0.473. The minimum atomic E-state index is 0.464. The highest BCUT2D eigenvalue weighted by molar-refractivity contribution is 5.12. The first-order valence-electron chi connectivity index (χ1n) is 3.71. The minimum absolute atomic E-state index is 0.464. The molecule has 2 nitrogen and oxygen atoms in total. The number of nitrogens with one attached hydrogen (secondary N) is 2. The number of hydrogen-bond donors (Lipinski definition) is 2. The van der Waals surface area contributed by atoms with Crippen LogP contribution in [-0.2, 0) is 0 Å². The molecule has 2 aliphatic rings. The SMILES string of the molecule is [CH]1CNC12CCNCC2. The van der Waals surface area contributed by atoms with Gasteiger partial charge in [-0.3, -0.25) is 0 Å². The van der Waals surface area contributed by atoms with E-state index in [1.54, 1.807) is 0 Å². The van der Waals surface area contributed by atoms with Gasteiger partial charge in [0.2, 0.25) is 0 Å². The molecule has 2 rings (SSSR count). The van der Waals surface area contributed by atoms with Crippen LogP contribution >= 0.6 is 0 Å². The maximum absolute atomic E-state index is 3.47. The van der Waals surface area contributed by atoms with E-state index >= 15 is 0 Å². The normalized spacial score (nSPS) is 32.0. The van der Waals surface area contributed by atoms with E-state index in [1.807, 2.05) is 0 Å². The molecule has 0 aromatic carbocycles. The van der Waals surface area contributed by atoms with Gasteiger partial charge in [0.25, 0.3) is 0 Å². The van der Waals surface area contributed by atoms with Crippen molar-refractivity contribution >= 4 is 0 Å². The van der Waals surface area contributed by atoms with E-state index in [0.717, 1.165) is 6.54 Å². The Morgan fingerprint density at radius 3 is 2.22 bits per heavy atom. The van der Waals surface area contributed by atoms with Gasteiger partial charge >= 0.3 is 0 Å². The molecule has 2 heterocycles. The summed E-state index contributed by atoms with van der Waals surface area (Å²) in [6, 6.07) is 0. The molecule has 0 amide bonds. The third-order valence-corrected chi connectivity index (χ3v) is 2.44. The first-order valence-corrected chi connectivity index (χ1v) is 3.71. The summed E-state index contributed by atoms with van der Waals surface area (Å²) < 4.78 is 0. The Labute approximate surface area is 56.0 Å². The Bertz CT molecular complexity index is 99.5. The third kappa shape index (κ3) is 0.864. The highest BCUT2D eigenvalue weighted by Gasteiger charge is 2.37. The second-order valence-corrected chi connectivity index (χ2v) is 2.99. The van der Waals surface area contributed by atoms with Crippen molar-refractivity contribution in [3.8, 4) is 0 Å². The van der Waals surface area contributed by atoms with Gasteiger partial charge in [0.15, 0.2) is 0 Å². The molecule has 0 saturated carbocycles. The van der Waals surface area contributed by atoms with Crippen molar-refractivity contribution in [2.75, 3.05) is 19.6 Å². The van der Waals surface area contributed by atoms with Crippen LogP contribution in [0.3, 0.4) is 0 Å². The molecule has 2 N–H and O–H groups in total. The fourth-order valence-corrected chi connectivity index (χ4v) is 1.64. The molecule has 2 heteroatoms. The molecule has 0 aromatic rings. The van der Waals surface area contributed by atoms with Crippen molar-refractivity contribution < 1.29 is 0 Å². The van der Waals surface area contributed by atoms with E-state index in [9.17, 15) is 0 Å². The first kappa shape index (κ1) is 5.69. The van der Waals surface area contributed by atoms with Gasteiger partial charge in [-0.2, -0.15) is 0 Å². The van der Waals surface area contributed by atoms with Crippen LogP contribution in [0, 0.1) is 6.42 Å². The molecule has 9 heavy (non-hydrogen) atoms. The second kappa shape index (κ2) is 1.96. The van der Waals surface area contributed by atoms with E-state index in [2.05, 4.69) is 17.1 Å². The van der Waals surface area contributed by atoms with Crippen LogP contribution in [0.2, 0.25) is 0 Å². The molecule has 0 unspecified atom stereocenters. The van der Waals surface area contributed by atoms with Crippen molar-refractivity contribution in [3.63, 3.8) is 0 Å². The minimum Gasteiger partial charge on any atom is -0.317 e. The van der Waals surface area contributed by atoms with E-state index in [1.165, 1.54) is 25.9 Å². The van der Waals surface area contributed by atoms with Gasteiger partial charge in [-0.15, -0.1) is 0 Å². The van der Waals surface area contributed by atoms with Gasteiger partial charge in [0.1, 0.15) is 0 Å². The van der Waals surface area contributed by atoms with Gasteiger partial charge in [-0.1, -0.05) is 0 Å². The van der Waals surface area contributed by atoms with E-state index in [4.69, 9.17) is 0 Å². The Morgan fingerprint density at radius 1 is 1.22 bits per heavy atom. The van der Waals surface area contributed by atoms with Gasteiger partial charge in [-0.25, -0.2) is 0 Å². The van der Waals surface area contributed by atoms with Crippen LogP contribution in [0.5, 0.6) is 0 Å². The number of hydrogen-bond acceptors (Lipinski definition) is 2. The summed E-state index contributed by atoms with van der Waals surface area (Å²) in [6.07, 6.45) is 4.98. The van der Waals surface area contributed by atoms with E-state index < -0.39 is 0 Å². The molecule has 2 saturated heterocycles. The standard InChI is InChI=1S/C7H13N2/c1-4-8-5-2-7(1)3-6-9-7/h3,8-9H,1-2,4-6H2. The van der Waals surface area contributed by atoms with E-state index in [-0.39, 0.29) is 0 Å². The maximum atomic E-state index is 3.47. The summed E-state index contributed by atoms with van der Waals surface area (Å²) in [5.41, 5.74) is 0.464. The molecule has 0 aliphatic carbocycles. The van der Waals surface area contributed by atoms with Crippen LogP contribution in [0.1, 0.15) is 12.8 Å². The van der Waals surface area contributed by atoms with Crippen LogP contribution in [0.15, 0.2) is 0 Å². The second-order valence-electron chi connectivity index (χ2n) is 2.99. The molecule has 0 bridgehead atoms. The van der Waals surface area contributed by atoms with Crippen LogP contribution < -0.4 is 10.6 Å². The van der Waals surface area contributed by atoms with Gasteiger partial charge in [-0.05, 0) is 32.4 Å². The Morgan fingerprint density at radius 2 is 1.89 bits per heavy atom. The summed E-state index contributed by atoms with van der Waals surface area (Å²) in [6.45, 7) is 3.49. The Kier molecular flexibility index (Phi) is 1.24. The number of piperidine rings is 1. The fourth-order valence-electron chi connectivity index (χ4n) is 1.64. The molecular weight excluding hydrogens is 112 g/mol. The first-order chi connectivity index (χ1) is 4.41. The van der Waals surface area contributed by atoms with Crippen LogP contribution in [0.4, 0.5) is 0 Å². The lowest BCUT2D eigenvalue weighted by Crippen LogP contribution is -2.61. The monoisotopic (exact) mass is 125 g/mol. The van der Waals surface area contributed by atoms with Crippen molar-refractivity contribution in [3.05, 3.63) is 6.42 Å². The van der Waals surface area contributed by atoms with Crippen LogP contribution in [0.25, 0.3) is 0 Å². The third-order valence-electron chi connectivity index (χ3n) is 2.44. The van der Waals surface area contributed by atoms with E-state index in [0.29, 0.717) is 5.54 Å². The zero-order valence-corrected chi connectivity index (χ0v) is 5.61. The lowest BCUT2D eigenvalue weighted by atomic mass is 9.80. The summed E-state index contributed by atoms with van der Waals surface area (Å²) in [5, 5.41) is 6.81. The summed E-state index contributed by atoms with van der Waals surface area (Å²) in [4.78, 5) is 0. The Hall–Kier alpha value is -0.0800. The highest BCUT2D eigenvalue weighted by atomic mass is 15.1. The van der Waals surface area contributed by atoms with Crippen molar-refractivity contribution in [2.45, 2.75) is 18.4 Å². The zero-order chi connectivity index (χ0) is 6.16. The van der Waals surface area contributed by atoms with Gasteiger partial charge in [0, 0.05) is 12.1 Å². The summed E-state index contributed by atoms with van der Waals surface area (Å²) in [7, 11) is 0. The average Bonchev–Trinajstić information content (AvgIpc) is 1.87. The van der Waals surface area contributed by atoms with Crippen molar-refractivity contribution in [2.24, 2.45) is 0 Å². The molecular formula is C7H13N2. The molecule has 1 radical (unpaired) electrons. The average molecular weight is 125 g/mol. The maximum Gasteiger partial charge on any atom is 0.0249 e. The smallest absolute Gasteiger partial charge is 0.0249 e. The largest absolute Gasteiger partial charge is 0.317 e. The summed E-state index contributed by atoms with van der Waals surface area (Å²) in [5.74, 6) is 0. The van der Waals surface area contributed by atoms with Crippen molar-refractivity contribution in [1.82, 2.24) is 10.6 Å². The molecule has 0 atom stereocenters. The predicted octanol–water partition coefficient (Wildman–Crippen LogP) is -0.0839. The lowest BCUT2D eigenvalue weighted by molar-refractivity contribution is 0.225. The molecule has 2 fully saturated rings.